The number of carboxylic acid groups (broad SMARTS) is 1. The molecule has 1 fully saturated rings. The Morgan fingerprint density at radius 1 is 1.54 bits per heavy atom. The molecule has 4 nitrogen and oxygen atoms in total. The summed E-state index contributed by atoms with van der Waals surface area (Å²) in [5, 5.41) is 11.0. The maximum absolute atomic E-state index is 11.3. The Balaban J connectivity index is 2.48. The Morgan fingerprint density at radius 2 is 2.08 bits per heavy atom. The van der Waals surface area contributed by atoms with Gasteiger partial charge in [0.1, 0.15) is 5.70 Å². The van der Waals surface area contributed by atoms with E-state index in [1.54, 1.807) is 6.92 Å². The Morgan fingerprint density at radius 3 is 2.38 bits per heavy atom. The fraction of sp³-hybridized carbons (Fsp3) is 0.556. The molecule has 0 spiro atoms. The van der Waals surface area contributed by atoms with Gasteiger partial charge in [-0.3, -0.25) is 4.79 Å². The largest absolute Gasteiger partial charge is 0.477 e. The summed E-state index contributed by atoms with van der Waals surface area (Å²) < 4.78 is 0. The molecule has 1 saturated carbocycles. The molecule has 2 N–H and O–H groups in total. The lowest BCUT2D eigenvalue weighted by Gasteiger charge is -2.03. The summed E-state index contributed by atoms with van der Waals surface area (Å²) in [5.74, 6) is -0.867. The highest BCUT2D eigenvalue weighted by atomic mass is 16.4. The van der Waals surface area contributed by atoms with Crippen molar-refractivity contribution in [2.45, 2.75) is 20.3 Å². The van der Waals surface area contributed by atoms with Crippen LogP contribution in [0.2, 0.25) is 0 Å². The van der Waals surface area contributed by atoms with Crippen molar-refractivity contribution in [1.29, 1.82) is 0 Å². The molecular formula is C9H13NO3. The van der Waals surface area contributed by atoms with Crippen LogP contribution in [0.25, 0.3) is 0 Å². The quantitative estimate of drug-likeness (QED) is 0.634. The highest BCUT2D eigenvalue weighted by Crippen LogP contribution is 2.37. The molecule has 0 aromatic heterocycles. The van der Waals surface area contributed by atoms with E-state index in [1.807, 2.05) is 6.92 Å². The molecule has 0 saturated heterocycles. The molecule has 0 heterocycles. The first kappa shape index (κ1) is 9.77. The third-order valence-electron chi connectivity index (χ3n) is 2.22. The fourth-order valence-electron chi connectivity index (χ4n) is 1.16. The van der Waals surface area contributed by atoms with E-state index >= 15 is 0 Å². The van der Waals surface area contributed by atoms with Gasteiger partial charge in [-0.05, 0) is 19.3 Å². The second kappa shape index (κ2) is 3.60. The second-order valence-electron chi connectivity index (χ2n) is 3.32. The third-order valence-corrected chi connectivity index (χ3v) is 2.22. The summed E-state index contributed by atoms with van der Waals surface area (Å²) in [6.07, 6.45) is 2.25. The molecule has 0 aromatic carbocycles. The average molecular weight is 183 g/mol. The number of carboxylic acids is 1. The van der Waals surface area contributed by atoms with Crippen LogP contribution >= 0.6 is 0 Å². The van der Waals surface area contributed by atoms with Crippen LogP contribution in [0.5, 0.6) is 0 Å². The fourth-order valence-corrected chi connectivity index (χ4v) is 1.16. The van der Waals surface area contributed by atoms with E-state index in [2.05, 4.69) is 5.32 Å². The van der Waals surface area contributed by atoms with Gasteiger partial charge in [0, 0.05) is 5.92 Å². The minimum absolute atomic E-state index is 0.00861. The molecule has 0 radical (unpaired) electrons. The highest BCUT2D eigenvalue weighted by Gasteiger charge is 2.39. The minimum atomic E-state index is -1.09. The van der Waals surface area contributed by atoms with Crippen molar-refractivity contribution in [1.82, 2.24) is 5.32 Å². The van der Waals surface area contributed by atoms with Gasteiger partial charge < -0.3 is 10.4 Å². The van der Waals surface area contributed by atoms with Crippen molar-refractivity contribution in [3.05, 3.63) is 11.8 Å². The van der Waals surface area contributed by atoms with Crippen molar-refractivity contribution < 1.29 is 14.7 Å². The molecule has 1 aliphatic rings. The molecule has 1 amide bonds. The summed E-state index contributed by atoms with van der Waals surface area (Å²) in [4.78, 5) is 21.8. The number of amides is 1. The first-order valence-electron chi connectivity index (χ1n) is 4.26. The zero-order valence-electron chi connectivity index (χ0n) is 7.70. The Kier molecular flexibility index (Phi) is 2.70. The number of carbonyl (C=O) groups is 2. The third kappa shape index (κ3) is 2.31. The predicted octanol–water partition coefficient (Wildman–Crippen LogP) is 0.747. The molecule has 0 aromatic rings. The van der Waals surface area contributed by atoms with Crippen molar-refractivity contribution in [2.24, 2.45) is 11.8 Å². The summed E-state index contributed by atoms with van der Waals surface area (Å²) in [6, 6.07) is 0. The van der Waals surface area contributed by atoms with E-state index < -0.39 is 5.97 Å². The van der Waals surface area contributed by atoms with Crippen LogP contribution in [-0.4, -0.2) is 17.0 Å². The van der Waals surface area contributed by atoms with E-state index in [-0.39, 0.29) is 17.5 Å². The SMILES string of the molecule is C/C=C(\NC(=O)C1CC1C)C(=O)O. The lowest BCUT2D eigenvalue weighted by atomic mass is 10.3. The van der Waals surface area contributed by atoms with Gasteiger partial charge in [0.2, 0.25) is 5.91 Å². The number of carbonyl (C=O) groups excluding carboxylic acids is 1. The van der Waals surface area contributed by atoms with Crippen molar-refractivity contribution in [2.75, 3.05) is 0 Å². The van der Waals surface area contributed by atoms with Gasteiger partial charge in [-0.25, -0.2) is 4.79 Å². The topological polar surface area (TPSA) is 66.4 Å². The van der Waals surface area contributed by atoms with Crippen LogP contribution in [0, 0.1) is 11.8 Å². The zero-order valence-corrected chi connectivity index (χ0v) is 7.70. The van der Waals surface area contributed by atoms with Crippen molar-refractivity contribution >= 4 is 11.9 Å². The Labute approximate surface area is 76.6 Å². The summed E-state index contributed by atoms with van der Waals surface area (Å²) >= 11 is 0. The molecule has 2 atom stereocenters. The van der Waals surface area contributed by atoms with Gasteiger partial charge in [0.05, 0.1) is 0 Å². The van der Waals surface area contributed by atoms with Gasteiger partial charge >= 0.3 is 5.97 Å². The van der Waals surface area contributed by atoms with Crippen LogP contribution < -0.4 is 5.32 Å². The average Bonchev–Trinajstić information content (AvgIpc) is 2.77. The molecule has 1 aliphatic carbocycles. The molecule has 0 bridgehead atoms. The van der Waals surface area contributed by atoms with Crippen LogP contribution in [0.1, 0.15) is 20.3 Å². The molecular weight excluding hydrogens is 170 g/mol. The maximum Gasteiger partial charge on any atom is 0.352 e. The van der Waals surface area contributed by atoms with Gasteiger partial charge in [-0.2, -0.15) is 0 Å². The van der Waals surface area contributed by atoms with E-state index in [9.17, 15) is 9.59 Å². The second-order valence-corrected chi connectivity index (χ2v) is 3.32. The first-order valence-corrected chi connectivity index (χ1v) is 4.26. The van der Waals surface area contributed by atoms with Crippen molar-refractivity contribution in [3.63, 3.8) is 0 Å². The number of hydrogen-bond acceptors (Lipinski definition) is 2. The van der Waals surface area contributed by atoms with Gasteiger partial charge in [0.15, 0.2) is 0 Å². The number of rotatable bonds is 3. The van der Waals surface area contributed by atoms with Crippen LogP contribution in [0.15, 0.2) is 11.8 Å². The normalized spacial score (nSPS) is 26.8. The molecule has 13 heavy (non-hydrogen) atoms. The lowest BCUT2D eigenvalue weighted by Crippen LogP contribution is -2.28. The predicted molar refractivity (Wildman–Crippen MR) is 46.8 cm³/mol. The van der Waals surface area contributed by atoms with E-state index in [4.69, 9.17) is 5.11 Å². The number of nitrogens with one attached hydrogen (secondary N) is 1. The lowest BCUT2D eigenvalue weighted by molar-refractivity contribution is -0.134. The van der Waals surface area contributed by atoms with Gasteiger partial charge in [-0.1, -0.05) is 13.0 Å². The highest BCUT2D eigenvalue weighted by molar-refractivity contribution is 5.94. The molecule has 72 valence electrons. The van der Waals surface area contributed by atoms with E-state index in [0.717, 1.165) is 6.42 Å². The Bertz CT molecular complexity index is 270. The van der Waals surface area contributed by atoms with Crippen LogP contribution in [0.4, 0.5) is 0 Å². The van der Waals surface area contributed by atoms with Crippen LogP contribution in [-0.2, 0) is 9.59 Å². The van der Waals surface area contributed by atoms with Crippen LogP contribution in [0.3, 0.4) is 0 Å². The summed E-state index contributed by atoms with van der Waals surface area (Å²) in [6.45, 7) is 3.56. The monoisotopic (exact) mass is 183 g/mol. The number of hydrogen-bond donors (Lipinski definition) is 2. The first-order chi connectivity index (χ1) is 6.06. The van der Waals surface area contributed by atoms with E-state index in [0.29, 0.717) is 5.92 Å². The minimum Gasteiger partial charge on any atom is -0.477 e. The molecule has 1 rings (SSSR count). The number of aliphatic carboxylic acids is 1. The zero-order chi connectivity index (χ0) is 10.0. The Hall–Kier alpha value is -1.32. The standard InChI is InChI=1S/C9H13NO3/c1-3-7(9(12)13)10-8(11)6-4-5(6)2/h3,5-6H,4H2,1-2H3,(H,10,11)(H,12,13)/b7-3-. The summed E-state index contributed by atoms with van der Waals surface area (Å²) in [7, 11) is 0. The van der Waals surface area contributed by atoms with Gasteiger partial charge in [0.25, 0.3) is 0 Å². The number of allylic oxidation sites excluding steroid dienone is 1. The molecule has 4 heteroatoms. The molecule has 0 aliphatic heterocycles. The maximum atomic E-state index is 11.3. The van der Waals surface area contributed by atoms with E-state index in [1.165, 1.54) is 6.08 Å². The smallest absolute Gasteiger partial charge is 0.352 e. The summed E-state index contributed by atoms with van der Waals surface area (Å²) in [5.41, 5.74) is -0.0379. The molecule has 2 unspecified atom stereocenters. The van der Waals surface area contributed by atoms with Gasteiger partial charge in [-0.15, -0.1) is 0 Å². The van der Waals surface area contributed by atoms with Crippen molar-refractivity contribution in [3.8, 4) is 0 Å².